The molecule has 0 heterocycles. The maximum Gasteiger partial charge on any atom is 0.192 e. The molecular weight excluding hydrogens is 236 g/mol. The van der Waals surface area contributed by atoms with Crippen LogP contribution in [0.15, 0.2) is 66.4 Å². The van der Waals surface area contributed by atoms with Crippen LogP contribution >= 0.6 is 0 Å². The van der Waals surface area contributed by atoms with Gasteiger partial charge in [-0.2, -0.15) is 0 Å². The van der Waals surface area contributed by atoms with Crippen LogP contribution < -0.4 is 0 Å². The maximum atomic E-state index is 12.2. The highest BCUT2D eigenvalue weighted by Crippen LogP contribution is 2.38. The van der Waals surface area contributed by atoms with Crippen molar-refractivity contribution >= 4 is 5.78 Å². The molecule has 0 saturated carbocycles. The van der Waals surface area contributed by atoms with Gasteiger partial charge in [-0.1, -0.05) is 54.6 Å². The number of allylic oxidation sites excluding steroid dienone is 1. The fraction of sp³-hybridized carbons (Fsp3) is 0.118. The van der Waals surface area contributed by atoms with Crippen molar-refractivity contribution < 1.29 is 9.90 Å². The van der Waals surface area contributed by atoms with Crippen LogP contribution in [-0.4, -0.2) is 10.9 Å². The number of carbonyl (C=O) groups excluding carboxylic acids is 1. The molecule has 0 bridgehead atoms. The normalized spacial score (nSPS) is 20.3. The van der Waals surface area contributed by atoms with Crippen molar-refractivity contribution in [3.05, 3.63) is 83.1 Å². The number of Topliss-reactive ketones (excluding diaryl/α,β-unsaturated/α-hetero) is 1. The van der Waals surface area contributed by atoms with Gasteiger partial charge in [0.1, 0.15) is 0 Å². The van der Waals surface area contributed by atoms with Crippen LogP contribution in [0.5, 0.6) is 0 Å². The third-order valence-electron chi connectivity index (χ3n) is 3.65. The molecule has 0 radical (unpaired) electrons. The van der Waals surface area contributed by atoms with Gasteiger partial charge in [0.05, 0.1) is 6.26 Å². The number of aliphatic hydroxyl groups is 1. The van der Waals surface area contributed by atoms with E-state index in [0.717, 1.165) is 11.8 Å². The molecule has 0 fully saturated rings. The standard InChI is InChI=1S/C17H14O2/c18-11-13-10-16(12-6-2-1-3-7-12)14-8-4-5-9-15(14)17(13)19/h1-9,11,16,18H,10H2/b13-11-/t16-/m1/s1. The van der Waals surface area contributed by atoms with Gasteiger partial charge in [-0.15, -0.1) is 0 Å². The van der Waals surface area contributed by atoms with Gasteiger partial charge in [-0.3, -0.25) is 4.79 Å². The summed E-state index contributed by atoms with van der Waals surface area (Å²) in [5, 5.41) is 9.27. The Morgan fingerprint density at radius 3 is 2.42 bits per heavy atom. The predicted molar refractivity (Wildman–Crippen MR) is 74.4 cm³/mol. The zero-order chi connectivity index (χ0) is 13.2. The minimum atomic E-state index is -0.0646. The van der Waals surface area contributed by atoms with E-state index in [1.165, 1.54) is 5.56 Å². The Balaban J connectivity index is 2.16. The molecule has 0 amide bonds. The molecule has 1 aliphatic rings. The second-order valence-corrected chi connectivity index (χ2v) is 4.74. The van der Waals surface area contributed by atoms with Crippen molar-refractivity contribution in [3.8, 4) is 0 Å². The Morgan fingerprint density at radius 1 is 1.00 bits per heavy atom. The first-order valence-electron chi connectivity index (χ1n) is 6.33. The molecule has 94 valence electrons. The number of hydrogen-bond donors (Lipinski definition) is 1. The van der Waals surface area contributed by atoms with Crippen molar-refractivity contribution in [1.29, 1.82) is 0 Å². The summed E-state index contributed by atoms with van der Waals surface area (Å²) in [7, 11) is 0. The zero-order valence-electron chi connectivity index (χ0n) is 10.4. The van der Waals surface area contributed by atoms with E-state index in [0.29, 0.717) is 17.6 Å². The number of aliphatic hydroxyl groups excluding tert-OH is 1. The largest absolute Gasteiger partial charge is 0.515 e. The lowest BCUT2D eigenvalue weighted by Gasteiger charge is -2.26. The molecule has 1 N–H and O–H groups in total. The molecular formula is C17H14O2. The van der Waals surface area contributed by atoms with Gasteiger partial charge in [-0.05, 0) is 17.5 Å². The summed E-state index contributed by atoms with van der Waals surface area (Å²) in [5.41, 5.74) is 3.39. The van der Waals surface area contributed by atoms with Gasteiger partial charge in [0.15, 0.2) is 5.78 Å². The molecule has 2 nitrogen and oxygen atoms in total. The Bertz CT molecular complexity index is 641. The average molecular weight is 250 g/mol. The van der Waals surface area contributed by atoms with Crippen LogP contribution in [0.1, 0.15) is 33.8 Å². The Kier molecular flexibility index (Phi) is 2.92. The van der Waals surface area contributed by atoms with E-state index in [-0.39, 0.29) is 11.7 Å². The molecule has 0 spiro atoms. The lowest BCUT2D eigenvalue weighted by molar-refractivity contribution is 0.102. The fourth-order valence-electron chi connectivity index (χ4n) is 2.70. The number of hydrogen-bond acceptors (Lipinski definition) is 2. The van der Waals surface area contributed by atoms with Crippen LogP contribution in [-0.2, 0) is 0 Å². The van der Waals surface area contributed by atoms with E-state index in [1.54, 1.807) is 0 Å². The van der Waals surface area contributed by atoms with E-state index < -0.39 is 0 Å². The topological polar surface area (TPSA) is 37.3 Å². The quantitative estimate of drug-likeness (QED) is 0.616. The highest BCUT2D eigenvalue weighted by atomic mass is 16.2. The molecule has 0 unspecified atom stereocenters. The van der Waals surface area contributed by atoms with E-state index in [4.69, 9.17) is 0 Å². The fourth-order valence-corrected chi connectivity index (χ4v) is 2.70. The average Bonchev–Trinajstić information content (AvgIpc) is 2.49. The predicted octanol–water partition coefficient (Wildman–Crippen LogP) is 3.85. The highest BCUT2D eigenvalue weighted by molar-refractivity contribution is 6.11. The first-order chi connectivity index (χ1) is 9.31. The molecule has 1 atom stereocenters. The van der Waals surface area contributed by atoms with E-state index >= 15 is 0 Å². The van der Waals surface area contributed by atoms with E-state index in [1.807, 2.05) is 42.5 Å². The van der Waals surface area contributed by atoms with Crippen molar-refractivity contribution in [2.75, 3.05) is 0 Å². The van der Waals surface area contributed by atoms with Crippen LogP contribution in [0.25, 0.3) is 0 Å². The third-order valence-corrected chi connectivity index (χ3v) is 3.65. The summed E-state index contributed by atoms with van der Waals surface area (Å²) in [4.78, 5) is 12.2. The minimum Gasteiger partial charge on any atom is -0.515 e. The van der Waals surface area contributed by atoms with Gasteiger partial charge in [0.25, 0.3) is 0 Å². The van der Waals surface area contributed by atoms with Crippen LogP contribution in [0, 0.1) is 0 Å². The number of benzene rings is 2. The summed E-state index contributed by atoms with van der Waals surface area (Å²) >= 11 is 0. The molecule has 0 saturated heterocycles. The summed E-state index contributed by atoms with van der Waals surface area (Å²) in [6.07, 6.45) is 1.50. The lowest BCUT2D eigenvalue weighted by Crippen LogP contribution is -2.19. The minimum absolute atomic E-state index is 0.0646. The van der Waals surface area contributed by atoms with Gasteiger partial charge in [-0.25, -0.2) is 0 Å². The van der Waals surface area contributed by atoms with Gasteiger partial charge < -0.3 is 5.11 Å². The molecule has 19 heavy (non-hydrogen) atoms. The molecule has 2 aromatic carbocycles. The van der Waals surface area contributed by atoms with Gasteiger partial charge in [0, 0.05) is 17.1 Å². The van der Waals surface area contributed by atoms with Crippen molar-refractivity contribution in [3.63, 3.8) is 0 Å². The van der Waals surface area contributed by atoms with Crippen molar-refractivity contribution in [2.24, 2.45) is 0 Å². The summed E-state index contributed by atoms with van der Waals surface area (Å²) < 4.78 is 0. The number of ketones is 1. The monoisotopic (exact) mass is 250 g/mol. The first kappa shape index (κ1) is 11.7. The van der Waals surface area contributed by atoms with Gasteiger partial charge in [0.2, 0.25) is 0 Å². The Morgan fingerprint density at radius 2 is 1.68 bits per heavy atom. The lowest BCUT2D eigenvalue weighted by atomic mass is 9.76. The van der Waals surface area contributed by atoms with Gasteiger partial charge >= 0.3 is 0 Å². The molecule has 2 aromatic rings. The molecule has 0 aliphatic heterocycles. The number of fused-ring (bicyclic) bond motifs is 1. The Labute approximate surface area is 112 Å². The SMILES string of the molecule is O=C1/C(=C\O)C[C@H](c2ccccc2)c2ccccc21. The van der Waals surface area contributed by atoms with Crippen molar-refractivity contribution in [1.82, 2.24) is 0 Å². The second-order valence-electron chi connectivity index (χ2n) is 4.74. The maximum absolute atomic E-state index is 12.2. The summed E-state index contributed by atoms with van der Waals surface area (Å²) in [6.45, 7) is 0. The molecule has 0 aromatic heterocycles. The van der Waals surface area contributed by atoms with Crippen LogP contribution in [0.3, 0.4) is 0 Å². The highest BCUT2D eigenvalue weighted by Gasteiger charge is 2.29. The zero-order valence-corrected chi connectivity index (χ0v) is 10.4. The van der Waals surface area contributed by atoms with E-state index in [9.17, 15) is 9.90 Å². The van der Waals surface area contributed by atoms with Crippen LogP contribution in [0.4, 0.5) is 0 Å². The summed E-state index contributed by atoms with van der Waals surface area (Å²) in [6, 6.07) is 17.7. The molecule has 2 heteroatoms. The molecule has 3 rings (SSSR count). The number of rotatable bonds is 1. The molecule has 1 aliphatic carbocycles. The smallest absolute Gasteiger partial charge is 0.192 e. The van der Waals surface area contributed by atoms with Crippen LogP contribution in [0.2, 0.25) is 0 Å². The first-order valence-corrected chi connectivity index (χ1v) is 6.33. The van der Waals surface area contributed by atoms with Crippen molar-refractivity contribution in [2.45, 2.75) is 12.3 Å². The summed E-state index contributed by atoms with van der Waals surface area (Å²) in [5.74, 6) is 0.0683. The second kappa shape index (κ2) is 4.73. The number of carbonyl (C=O) groups is 1. The van der Waals surface area contributed by atoms with E-state index in [2.05, 4.69) is 12.1 Å². The Hall–Kier alpha value is -2.35. The third kappa shape index (κ3) is 1.95.